The van der Waals surface area contributed by atoms with E-state index in [0.29, 0.717) is 5.03 Å². The minimum absolute atomic E-state index is 0.0253. The smallest absolute Gasteiger partial charge is 0.316 e. The van der Waals surface area contributed by atoms with Crippen LogP contribution in [0.25, 0.3) is 0 Å². The molecule has 0 unspecified atom stereocenters. The number of thioether (sulfide) groups is 1. The highest BCUT2D eigenvalue weighted by Crippen LogP contribution is 2.31. The lowest BCUT2D eigenvalue weighted by molar-refractivity contribution is -0.137. The summed E-state index contributed by atoms with van der Waals surface area (Å²) in [4.78, 5) is 19.1. The van der Waals surface area contributed by atoms with Crippen molar-refractivity contribution in [3.8, 4) is 5.88 Å². The van der Waals surface area contributed by atoms with Gasteiger partial charge in [0.2, 0.25) is 5.82 Å². The van der Waals surface area contributed by atoms with E-state index >= 15 is 0 Å². The molecular formula is C14H13Cl2N3O5S2. The van der Waals surface area contributed by atoms with Crippen LogP contribution in [0.3, 0.4) is 0 Å². The summed E-state index contributed by atoms with van der Waals surface area (Å²) in [5.41, 5.74) is 0. The Morgan fingerprint density at radius 1 is 1.31 bits per heavy atom. The van der Waals surface area contributed by atoms with Gasteiger partial charge in [-0.05, 0) is 12.1 Å². The van der Waals surface area contributed by atoms with Crippen LogP contribution < -0.4 is 9.46 Å². The molecule has 0 aliphatic rings. The van der Waals surface area contributed by atoms with Crippen molar-refractivity contribution in [2.45, 2.75) is 9.92 Å². The summed E-state index contributed by atoms with van der Waals surface area (Å²) in [5, 5.41) is 0.344. The van der Waals surface area contributed by atoms with Gasteiger partial charge in [0.05, 0.1) is 36.2 Å². The monoisotopic (exact) mass is 437 g/mol. The van der Waals surface area contributed by atoms with Gasteiger partial charge in [-0.25, -0.2) is 18.4 Å². The van der Waals surface area contributed by atoms with Gasteiger partial charge in [-0.3, -0.25) is 9.52 Å². The van der Waals surface area contributed by atoms with E-state index in [2.05, 4.69) is 19.4 Å². The Morgan fingerprint density at radius 3 is 2.69 bits per heavy atom. The molecule has 0 aliphatic carbocycles. The van der Waals surface area contributed by atoms with Gasteiger partial charge in [0.15, 0.2) is 0 Å². The zero-order valence-corrected chi connectivity index (χ0v) is 16.7. The number of sulfonamides is 1. The fourth-order valence-electron chi connectivity index (χ4n) is 1.70. The summed E-state index contributed by atoms with van der Waals surface area (Å²) >= 11 is 12.9. The Hall–Kier alpha value is -1.75. The van der Waals surface area contributed by atoms with Gasteiger partial charge in [-0.15, -0.1) is 0 Å². The van der Waals surface area contributed by atoms with Crippen molar-refractivity contribution in [3.63, 3.8) is 0 Å². The maximum Gasteiger partial charge on any atom is 0.316 e. The van der Waals surface area contributed by atoms with Crippen molar-refractivity contribution in [2.75, 3.05) is 24.7 Å². The molecule has 0 saturated heterocycles. The number of methoxy groups -OCH3 is 2. The molecule has 1 aromatic heterocycles. The minimum atomic E-state index is -4.07. The molecule has 1 aromatic carbocycles. The van der Waals surface area contributed by atoms with Crippen LogP contribution in [0.5, 0.6) is 5.88 Å². The van der Waals surface area contributed by atoms with Crippen molar-refractivity contribution < 1.29 is 22.7 Å². The molecule has 0 aliphatic heterocycles. The zero-order chi connectivity index (χ0) is 19.3. The molecule has 1 N–H and O–H groups in total. The number of hydrogen-bond acceptors (Lipinski definition) is 8. The Balaban J connectivity index is 2.28. The normalized spacial score (nSPS) is 11.1. The molecule has 0 saturated carbocycles. The zero-order valence-electron chi connectivity index (χ0n) is 13.5. The van der Waals surface area contributed by atoms with Crippen LogP contribution in [-0.4, -0.2) is 44.3 Å². The number of benzene rings is 1. The van der Waals surface area contributed by atoms with E-state index in [1.54, 1.807) is 0 Å². The summed E-state index contributed by atoms with van der Waals surface area (Å²) in [6.07, 6.45) is 1.30. The fraction of sp³-hybridized carbons (Fsp3) is 0.214. The van der Waals surface area contributed by atoms with E-state index in [0.717, 1.165) is 11.8 Å². The van der Waals surface area contributed by atoms with Gasteiger partial charge in [-0.1, -0.05) is 41.0 Å². The molecular weight excluding hydrogens is 425 g/mol. The predicted molar refractivity (Wildman–Crippen MR) is 98.6 cm³/mol. The van der Waals surface area contributed by atoms with E-state index in [-0.39, 0.29) is 32.4 Å². The van der Waals surface area contributed by atoms with Crippen molar-refractivity contribution >= 4 is 56.8 Å². The number of halogens is 2. The average Bonchev–Trinajstić information content (AvgIpc) is 2.62. The number of nitrogens with zero attached hydrogens (tertiary/aromatic N) is 2. The lowest BCUT2D eigenvalue weighted by Crippen LogP contribution is -2.16. The van der Waals surface area contributed by atoms with Gasteiger partial charge in [0, 0.05) is 0 Å². The molecule has 0 bridgehead atoms. The van der Waals surface area contributed by atoms with Crippen molar-refractivity contribution in [3.05, 3.63) is 34.4 Å². The molecule has 0 fully saturated rings. The van der Waals surface area contributed by atoms with Gasteiger partial charge in [0.25, 0.3) is 15.9 Å². The number of esters is 1. The molecule has 8 nitrogen and oxygen atoms in total. The quantitative estimate of drug-likeness (QED) is 0.520. The largest absolute Gasteiger partial charge is 0.478 e. The Kier molecular flexibility index (Phi) is 6.93. The van der Waals surface area contributed by atoms with E-state index in [9.17, 15) is 13.2 Å². The van der Waals surface area contributed by atoms with Crippen molar-refractivity contribution in [1.29, 1.82) is 0 Å². The molecule has 140 valence electrons. The Labute approximate surface area is 164 Å². The summed E-state index contributed by atoms with van der Waals surface area (Å²) in [6, 6.07) is 4.23. The van der Waals surface area contributed by atoms with Crippen LogP contribution in [0, 0.1) is 0 Å². The molecule has 0 amide bonds. The van der Waals surface area contributed by atoms with Crippen LogP contribution in [0.15, 0.2) is 34.3 Å². The van der Waals surface area contributed by atoms with Gasteiger partial charge < -0.3 is 9.47 Å². The van der Waals surface area contributed by atoms with Crippen LogP contribution in [0.4, 0.5) is 5.82 Å². The predicted octanol–water partition coefficient (Wildman–Crippen LogP) is 2.86. The third-order valence-corrected chi connectivity index (χ3v) is 6.10. The van der Waals surface area contributed by atoms with E-state index < -0.39 is 16.0 Å². The highest BCUT2D eigenvalue weighted by molar-refractivity contribution is 7.99. The number of anilines is 1. The molecule has 1 heterocycles. The van der Waals surface area contributed by atoms with E-state index in [4.69, 9.17) is 27.9 Å². The van der Waals surface area contributed by atoms with E-state index in [1.807, 2.05) is 0 Å². The number of nitrogens with one attached hydrogen (secondary N) is 1. The van der Waals surface area contributed by atoms with Gasteiger partial charge in [-0.2, -0.15) is 0 Å². The van der Waals surface area contributed by atoms with Crippen LogP contribution in [0.2, 0.25) is 10.0 Å². The fourth-order valence-corrected chi connectivity index (χ4v) is 4.13. The first kappa shape index (κ1) is 20.6. The summed E-state index contributed by atoms with van der Waals surface area (Å²) in [6.45, 7) is 0. The molecule has 2 rings (SSSR count). The molecule has 2 aromatic rings. The third kappa shape index (κ3) is 4.91. The van der Waals surface area contributed by atoms with Crippen molar-refractivity contribution in [2.24, 2.45) is 0 Å². The van der Waals surface area contributed by atoms with Crippen LogP contribution in [-0.2, 0) is 19.6 Å². The molecule has 12 heteroatoms. The topological polar surface area (TPSA) is 107 Å². The molecule has 0 atom stereocenters. The first-order chi connectivity index (χ1) is 12.3. The summed E-state index contributed by atoms with van der Waals surface area (Å²) < 4.78 is 36.9. The second-order valence-corrected chi connectivity index (χ2v) is 8.02. The lowest BCUT2D eigenvalue weighted by Gasteiger charge is -2.12. The summed E-state index contributed by atoms with van der Waals surface area (Å²) in [5.74, 6) is -0.610. The number of carbonyl (C=O) groups is 1. The number of rotatable bonds is 7. The SMILES string of the molecule is COC(=O)CSc1cnc(NS(=O)(=O)c2cccc(Cl)c2Cl)c(OC)n1. The second kappa shape index (κ2) is 8.76. The first-order valence-corrected chi connectivity index (χ1v) is 10.1. The third-order valence-electron chi connectivity index (χ3n) is 2.91. The lowest BCUT2D eigenvalue weighted by atomic mass is 10.4. The van der Waals surface area contributed by atoms with Gasteiger partial charge in [0.1, 0.15) is 9.92 Å². The molecule has 0 radical (unpaired) electrons. The molecule has 0 spiro atoms. The van der Waals surface area contributed by atoms with Crippen LogP contribution >= 0.6 is 35.0 Å². The number of aromatic nitrogens is 2. The highest BCUT2D eigenvalue weighted by Gasteiger charge is 2.22. The van der Waals surface area contributed by atoms with Crippen molar-refractivity contribution in [1.82, 2.24) is 9.97 Å². The second-order valence-electron chi connectivity index (χ2n) is 4.59. The standard InChI is InChI=1S/C14H13Cl2N3O5S2/c1-23-11(20)7-25-10-6-17-13(14(18-10)24-2)19-26(21,22)9-5-3-4-8(15)12(9)16/h3-6H,7H2,1-2H3,(H,17,19). The maximum atomic E-state index is 12.5. The average molecular weight is 438 g/mol. The number of carbonyl (C=O) groups excluding carboxylic acids is 1. The Morgan fingerprint density at radius 2 is 2.04 bits per heavy atom. The number of ether oxygens (including phenoxy) is 2. The molecule has 26 heavy (non-hydrogen) atoms. The summed E-state index contributed by atoms with van der Waals surface area (Å²) in [7, 11) is -1.49. The van der Waals surface area contributed by atoms with Crippen LogP contribution in [0.1, 0.15) is 0 Å². The number of hydrogen-bond donors (Lipinski definition) is 1. The minimum Gasteiger partial charge on any atom is -0.478 e. The van der Waals surface area contributed by atoms with Gasteiger partial charge >= 0.3 is 5.97 Å². The van der Waals surface area contributed by atoms with E-state index in [1.165, 1.54) is 38.6 Å². The maximum absolute atomic E-state index is 12.5. The first-order valence-electron chi connectivity index (χ1n) is 6.86. The highest BCUT2D eigenvalue weighted by atomic mass is 35.5. The Bertz CT molecular complexity index is 925.